The van der Waals surface area contributed by atoms with E-state index in [1.54, 1.807) is 22.7 Å². The van der Waals surface area contributed by atoms with Crippen LogP contribution in [0.25, 0.3) is 0 Å². The van der Waals surface area contributed by atoms with Crippen molar-refractivity contribution in [2.45, 2.75) is 19.4 Å². The van der Waals surface area contributed by atoms with Gasteiger partial charge in [0.25, 0.3) is 0 Å². The summed E-state index contributed by atoms with van der Waals surface area (Å²) in [6.07, 6.45) is 1.04. The van der Waals surface area contributed by atoms with Crippen LogP contribution >= 0.6 is 22.7 Å². The molecule has 0 atom stereocenters. The van der Waals surface area contributed by atoms with Crippen LogP contribution < -0.4 is 5.32 Å². The molecule has 0 amide bonds. The Labute approximate surface area is 113 Å². The molecule has 0 saturated carbocycles. The number of nitrogens with zero attached hydrogens (tertiary/aromatic N) is 1. The first-order chi connectivity index (χ1) is 8.74. The molecule has 2 aromatic heterocycles. The molecule has 2 rings (SSSR count). The van der Waals surface area contributed by atoms with Gasteiger partial charge in [-0.05, 0) is 12.1 Å². The number of carboxylic acids is 1. The molecule has 96 valence electrons. The molecule has 0 spiro atoms. The zero-order chi connectivity index (χ0) is 12.8. The van der Waals surface area contributed by atoms with Gasteiger partial charge >= 0.3 is 5.97 Å². The van der Waals surface area contributed by atoms with E-state index in [0.717, 1.165) is 30.1 Å². The highest BCUT2D eigenvalue weighted by molar-refractivity contribution is 7.12. The summed E-state index contributed by atoms with van der Waals surface area (Å²) in [5.41, 5.74) is 2.96. The summed E-state index contributed by atoms with van der Waals surface area (Å²) < 4.78 is 0. The van der Waals surface area contributed by atoms with Gasteiger partial charge in [-0.1, -0.05) is 0 Å². The van der Waals surface area contributed by atoms with Gasteiger partial charge in [-0.2, -0.15) is 0 Å². The van der Waals surface area contributed by atoms with E-state index in [4.69, 9.17) is 5.11 Å². The highest BCUT2D eigenvalue weighted by atomic mass is 32.1. The Morgan fingerprint density at radius 1 is 1.39 bits per heavy atom. The zero-order valence-electron chi connectivity index (χ0n) is 9.76. The number of rotatable bonds is 7. The minimum atomic E-state index is -0.778. The Bertz CT molecular complexity index is 494. The van der Waals surface area contributed by atoms with Gasteiger partial charge in [0, 0.05) is 34.6 Å². The van der Waals surface area contributed by atoms with Crippen LogP contribution in [0.2, 0.25) is 0 Å². The van der Waals surface area contributed by atoms with Crippen LogP contribution in [0.4, 0.5) is 0 Å². The van der Waals surface area contributed by atoms with Crippen LogP contribution in [-0.2, 0) is 24.2 Å². The second kappa shape index (κ2) is 6.63. The minimum absolute atomic E-state index is 0.115. The second-order valence-corrected chi connectivity index (χ2v) is 5.82. The first kappa shape index (κ1) is 13.2. The van der Waals surface area contributed by atoms with Gasteiger partial charge in [-0.15, -0.1) is 22.7 Å². The van der Waals surface area contributed by atoms with E-state index in [1.807, 2.05) is 17.6 Å². The minimum Gasteiger partial charge on any atom is -0.481 e. The second-order valence-electron chi connectivity index (χ2n) is 3.85. The SMILES string of the molecule is O=C(O)Cc1ccc(CNCCc2cscn2)s1. The van der Waals surface area contributed by atoms with Crippen molar-refractivity contribution in [3.05, 3.63) is 38.5 Å². The monoisotopic (exact) mass is 282 g/mol. The first-order valence-corrected chi connectivity index (χ1v) is 7.37. The predicted molar refractivity (Wildman–Crippen MR) is 73.2 cm³/mol. The average molecular weight is 282 g/mol. The van der Waals surface area contributed by atoms with Crippen molar-refractivity contribution < 1.29 is 9.90 Å². The van der Waals surface area contributed by atoms with E-state index in [1.165, 1.54) is 4.88 Å². The topological polar surface area (TPSA) is 62.2 Å². The highest BCUT2D eigenvalue weighted by Crippen LogP contribution is 2.16. The summed E-state index contributed by atoms with van der Waals surface area (Å²) in [5.74, 6) is -0.778. The summed E-state index contributed by atoms with van der Waals surface area (Å²) in [6.45, 7) is 1.67. The first-order valence-electron chi connectivity index (χ1n) is 5.61. The van der Waals surface area contributed by atoms with E-state index < -0.39 is 5.97 Å². The lowest BCUT2D eigenvalue weighted by molar-refractivity contribution is -0.136. The number of aromatic nitrogens is 1. The van der Waals surface area contributed by atoms with Crippen LogP contribution in [0.15, 0.2) is 23.0 Å². The fourth-order valence-electron chi connectivity index (χ4n) is 1.55. The van der Waals surface area contributed by atoms with E-state index >= 15 is 0 Å². The molecular weight excluding hydrogens is 268 g/mol. The Balaban J connectivity index is 1.70. The summed E-state index contributed by atoms with van der Waals surface area (Å²) in [4.78, 5) is 16.8. The third-order valence-electron chi connectivity index (χ3n) is 2.38. The zero-order valence-corrected chi connectivity index (χ0v) is 11.4. The number of hydrogen-bond donors (Lipinski definition) is 2. The summed E-state index contributed by atoms with van der Waals surface area (Å²) in [5, 5.41) is 14.1. The van der Waals surface area contributed by atoms with Gasteiger partial charge in [0.15, 0.2) is 0 Å². The maximum atomic E-state index is 10.6. The Hall–Kier alpha value is -1.24. The van der Waals surface area contributed by atoms with Gasteiger partial charge in [-0.3, -0.25) is 4.79 Å². The van der Waals surface area contributed by atoms with Crippen LogP contribution in [0, 0.1) is 0 Å². The number of carbonyl (C=O) groups is 1. The van der Waals surface area contributed by atoms with Crippen molar-refractivity contribution in [3.63, 3.8) is 0 Å². The van der Waals surface area contributed by atoms with E-state index in [-0.39, 0.29) is 6.42 Å². The lowest BCUT2D eigenvalue weighted by Crippen LogP contribution is -2.16. The van der Waals surface area contributed by atoms with E-state index in [2.05, 4.69) is 15.7 Å². The number of thiophene rings is 1. The smallest absolute Gasteiger partial charge is 0.308 e. The molecule has 4 nitrogen and oxygen atoms in total. The van der Waals surface area contributed by atoms with Gasteiger partial charge in [-0.25, -0.2) is 4.98 Å². The largest absolute Gasteiger partial charge is 0.481 e. The number of hydrogen-bond acceptors (Lipinski definition) is 5. The standard InChI is InChI=1S/C12H14N2O2S2/c15-12(16)5-10-1-2-11(18-10)6-13-4-3-9-7-17-8-14-9/h1-2,7-8,13H,3-6H2,(H,15,16). The maximum absolute atomic E-state index is 10.6. The predicted octanol–water partition coefficient (Wildman–Crippen LogP) is 2.16. The number of thiazole rings is 1. The van der Waals surface area contributed by atoms with Gasteiger partial charge in [0.1, 0.15) is 0 Å². The quantitative estimate of drug-likeness (QED) is 0.764. The Kier molecular flexibility index (Phi) is 4.86. The molecule has 0 bridgehead atoms. The molecule has 0 aliphatic rings. The van der Waals surface area contributed by atoms with Crippen LogP contribution in [0.5, 0.6) is 0 Å². The molecule has 0 saturated heterocycles. The molecule has 2 aromatic rings. The molecule has 6 heteroatoms. The van der Waals surface area contributed by atoms with E-state index in [0.29, 0.717) is 0 Å². The molecule has 0 aliphatic carbocycles. The van der Waals surface area contributed by atoms with E-state index in [9.17, 15) is 4.79 Å². The fourth-order valence-corrected chi connectivity index (χ4v) is 3.12. The third-order valence-corrected chi connectivity index (χ3v) is 4.10. The van der Waals surface area contributed by atoms with Crippen LogP contribution in [0.1, 0.15) is 15.4 Å². The molecule has 0 aromatic carbocycles. The van der Waals surface area contributed by atoms with Crippen LogP contribution in [0.3, 0.4) is 0 Å². The van der Waals surface area contributed by atoms with Crippen molar-refractivity contribution in [2.75, 3.05) is 6.54 Å². The number of carboxylic acid groups (broad SMARTS) is 1. The van der Waals surface area contributed by atoms with Gasteiger partial charge in [0.05, 0.1) is 17.6 Å². The van der Waals surface area contributed by atoms with Crippen molar-refractivity contribution in [2.24, 2.45) is 0 Å². The van der Waals surface area contributed by atoms with Crippen LogP contribution in [-0.4, -0.2) is 22.6 Å². The highest BCUT2D eigenvalue weighted by Gasteiger charge is 2.04. The van der Waals surface area contributed by atoms with Gasteiger partial charge in [0.2, 0.25) is 0 Å². The van der Waals surface area contributed by atoms with Gasteiger partial charge < -0.3 is 10.4 Å². The summed E-state index contributed by atoms with van der Waals surface area (Å²) >= 11 is 3.16. The Morgan fingerprint density at radius 2 is 2.22 bits per heavy atom. The third kappa shape index (κ3) is 4.21. The molecule has 0 unspecified atom stereocenters. The Morgan fingerprint density at radius 3 is 2.94 bits per heavy atom. The summed E-state index contributed by atoms with van der Waals surface area (Å²) in [6, 6.07) is 3.87. The van der Waals surface area contributed by atoms with Crippen molar-refractivity contribution in [1.82, 2.24) is 10.3 Å². The van der Waals surface area contributed by atoms with Crippen molar-refractivity contribution >= 4 is 28.6 Å². The molecule has 2 N–H and O–H groups in total. The molecule has 0 aliphatic heterocycles. The van der Waals surface area contributed by atoms with Crippen molar-refractivity contribution in [1.29, 1.82) is 0 Å². The van der Waals surface area contributed by atoms with Crippen molar-refractivity contribution in [3.8, 4) is 0 Å². The lowest BCUT2D eigenvalue weighted by atomic mass is 10.3. The molecule has 0 fully saturated rings. The molecular formula is C12H14N2O2S2. The lowest BCUT2D eigenvalue weighted by Gasteiger charge is -2.00. The molecule has 2 heterocycles. The fraction of sp³-hybridized carbons (Fsp3) is 0.333. The normalized spacial score (nSPS) is 10.7. The number of nitrogens with one attached hydrogen (secondary N) is 1. The molecule has 18 heavy (non-hydrogen) atoms. The summed E-state index contributed by atoms with van der Waals surface area (Å²) in [7, 11) is 0. The molecule has 0 radical (unpaired) electrons. The number of aliphatic carboxylic acids is 1. The average Bonchev–Trinajstić information content (AvgIpc) is 2.95. The maximum Gasteiger partial charge on any atom is 0.308 e.